The summed E-state index contributed by atoms with van der Waals surface area (Å²) in [5, 5.41) is 8.23. The molecule has 4 nitrogen and oxygen atoms in total. The lowest BCUT2D eigenvalue weighted by atomic mass is 9.92. The Labute approximate surface area is 158 Å². The number of para-hydroxylation sites is 1. The fourth-order valence-electron chi connectivity index (χ4n) is 2.54. The third-order valence-electron chi connectivity index (χ3n) is 4.11. The van der Waals surface area contributed by atoms with Crippen LogP contribution < -0.4 is 5.32 Å². The van der Waals surface area contributed by atoms with Crippen LogP contribution in [0.15, 0.2) is 54.6 Å². The van der Waals surface area contributed by atoms with Gasteiger partial charge in [-0.15, -0.1) is 0 Å². The summed E-state index contributed by atoms with van der Waals surface area (Å²) < 4.78 is 1.69. The Morgan fingerprint density at radius 1 is 1.08 bits per heavy atom. The fourth-order valence-corrected chi connectivity index (χ4v) is 2.75. The number of aromatic nitrogens is 2. The first-order valence-electron chi connectivity index (χ1n) is 8.49. The lowest BCUT2D eigenvalue weighted by Crippen LogP contribution is -2.15. The van der Waals surface area contributed by atoms with E-state index < -0.39 is 0 Å². The van der Waals surface area contributed by atoms with Crippen molar-refractivity contribution in [1.29, 1.82) is 0 Å². The lowest BCUT2D eigenvalue weighted by molar-refractivity contribution is 0.102. The average molecular weight is 368 g/mol. The SMILES string of the molecule is Cc1ccc(C(=O)Nc2cc(C(C)(C)C)nn2-c2ccccc2Cl)cc1. The molecule has 26 heavy (non-hydrogen) atoms. The maximum atomic E-state index is 12.7. The van der Waals surface area contributed by atoms with Gasteiger partial charge in [-0.25, -0.2) is 4.68 Å². The van der Waals surface area contributed by atoms with E-state index >= 15 is 0 Å². The monoisotopic (exact) mass is 367 g/mol. The number of carbonyl (C=O) groups is 1. The summed E-state index contributed by atoms with van der Waals surface area (Å²) >= 11 is 6.35. The van der Waals surface area contributed by atoms with Gasteiger partial charge in [0, 0.05) is 17.0 Å². The number of rotatable bonds is 3. The van der Waals surface area contributed by atoms with Gasteiger partial charge in [-0.2, -0.15) is 5.10 Å². The summed E-state index contributed by atoms with van der Waals surface area (Å²) in [7, 11) is 0. The molecule has 1 heterocycles. The van der Waals surface area contributed by atoms with Gasteiger partial charge in [0.2, 0.25) is 0 Å². The van der Waals surface area contributed by atoms with Crippen molar-refractivity contribution in [3.63, 3.8) is 0 Å². The maximum absolute atomic E-state index is 12.7. The third kappa shape index (κ3) is 3.81. The van der Waals surface area contributed by atoms with Crippen LogP contribution in [0.4, 0.5) is 5.82 Å². The summed E-state index contributed by atoms with van der Waals surface area (Å²) in [6.45, 7) is 8.23. The van der Waals surface area contributed by atoms with Crippen molar-refractivity contribution in [2.75, 3.05) is 5.32 Å². The van der Waals surface area contributed by atoms with Crippen LogP contribution in [-0.4, -0.2) is 15.7 Å². The first-order chi connectivity index (χ1) is 12.3. The number of hydrogen-bond acceptors (Lipinski definition) is 2. The minimum atomic E-state index is -0.182. The summed E-state index contributed by atoms with van der Waals surface area (Å²) in [4.78, 5) is 12.7. The number of hydrogen-bond donors (Lipinski definition) is 1. The highest BCUT2D eigenvalue weighted by molar-refractivity contribution is 6.32. The first kappa shape index (κ1) is 18.2. The number of benzene rings is 2. The van der Waals surface area contributed by atoms with Crippen LogP contribution in [0, 0.1) is 6.92 Å². The zero-order valence-electron chi connectivity index (χ0n) is 15.4. The molecule has 0 atom stereocenters. The highest BCUT2D eigenvalue weighted by atomic mass is 35.5. The molecular weight excluding hydrogens is 346 g/mol. The Kier molecular flexibility index (Phi) is 4.88. The van der Waals surface area contributed by atoms with Gasteiger partial charge in [0.1, 0.15) is 5.82 Å². The standard InChI is InChI=1S/C21H22ClN3O/c1-14-9-11-15(12-10-14)20(26)23-19-13-18(21(2,3)4)24-25(19)17-8-6-5-7-16(17)22/h5-13H,1-4H3,(H,23,26). The van der Waals surface area contributed by atoms with Crippen LogP contribution in [0.3, 0.4) is 0 Å². The number of aryl methyl sites for hydroxylation is 1. The van der Waals surface area contributed by atoms with Gasteiger partial charge in [0.15, 0.2) is 0 Å². The lowest BCUT2D eigenvalue weighted by Gasteiger charge is -2.14. The maximum Gasteiger partial charge on any atom is 0.256 e. The van der Waals surface area contributed by atoms with Gasteiger partial charge < -0.3 is 5.32 Å². The molecule has 134 valence electrons. The second kappa shape index (κ2) is 6.96. The predicted octanol–water partition coefficient (Wildman–Crippen LogP) is 5.38. The van der Waals surface area contributed by atoms with Crippen molar-refractivity contribution in [1.82, 2.24) is 9.78 Å². The molecule has 0 aliphatic heterocycles. The number of nitrogens with one attached hydrogen (secondary N) is 1. The van der Waals surface area contributed by atoms with E-state index in [1.165, 1.54) is 0 Å². The van der Waals surface area contributed by atoms with E-state index in [9.17, 15) is 4.79 Å². The van der Waals surface area contributed by atoms with Crippen molar-refractivity contribution < 1.29 is 4.79 Å². The van der Waals surface area contributed by atoms with Crippen LogP contribution in [0.1, 0.15) is 42.4 Å². The fraction of sp³-hybridized carbons (Fsp3) is 0.238. The van der Waals surface area contributed by atoms with Crippen LogP contribution in [0.25, 0.3) is 5.69 Å². The van der Waals surface area contributed by atoms with Gasteiger partial charge in [0.05, 0.1) is 16.4 Å². The molecule has 0 aliphatic rings. The quantitative estimate of drug-likeness (QED) is 0.675. The molecule has 3 rings (SSSR count). The smallest absolute Gasteiger partial charge is 0.256 e. The Morgan fingerprint density at radius 2 is 1.73 bits per heavy atom. The predicted molar refractivity (Wildman–Crippen MR) is 106 cm³/mol. The Morgan fingerprint density at radius 3 is 2.35 bits per heavy atom. The molecule has 0 bridgehead atoms. The number of anilines is 1. The minimum absolute atomic E-state index is 0.157. The minimum Gasteiger partial charge on any atom is -0.306 e. The second-order valence-electron chi connectivity index (χ2n) is 7.35. The Bertz CT molecular complexity index is 937. The van der Waals surface area contributed by atoms with E-state index in [2.05, 4.69) is 26.1 Å². The zero-order chi connectivity index (χ0) is 18.9. The highest BCUT2D eigenvalue weighted by Gasteiger charge is 2.22. The van der Waals surface area contributed by atoms with Crippen LogP contribution in [-0.2, 0) is 5.41 Å². The van der Waals surface area contributed by atoms with Crippen molar-refractivity contribution in [2.45, 2.75) is 33.1 Å². The summed E-state index contributed by atoms with van der Waals surface area (Å²) in [5.74, 6) is 0.410. The number of carbonyl (C=O) groups excluding carboxylic acids is 1. The molecule has 2 aromatic carbocycles. The summed E-state index contributed by atoms with van der Waals surface area (Å²) in [6.07, 6.45) is 0. The van der Waals surface area contributed by atoms with E-state index in [1.54, 1.807) is 10.7 Å². The summed E-state index contributed by atoms with van der Waals surface area (Å²) in [6, 6.07) is 16.8. The van der Waals surface area contributed by atoms with Gasteiger partial charge in [-0.1, -0.05) is 62.2 Å². The molecule has 1 aromatic heterocycles. The van der Waals surface area contributed by atoms with Gasteiger partial charge >= 0.3 is 0 Å². The van der Waals surface area contributed by atoms with Gasteiger partial charge in [-0.3, -0.25) is 4.79 Å². The molecule has 1 N–H and O–H groups in total. The Balaban J connectivity index is 2.02. The molecule has 0 saturated heterocycles. The van der Waals surface area contributed by atoms with E-state index in [4.69, 9.17) is 16.7 Å². The molecule has 1 amide bonds. The Hall–Kier alpha value is -2.59. The van der Waals surface area contributed by atoms with Crippen molar-refractivity contribution >= 4 is 23.3 Å². The normalized spacial score (nSPS) is 11.4. The van der Waals surface area contributed by atoms with Gasteiger partial charge in [0.25, 0.3) is 5.91 Å². The summed E-state index contributed by atoms with van der Waals surface area (Å²) in [5.41, 5.74) is 3.15. The molecule has 0 saturated carbocycles. The van der Waals surface area contributed by atoms with E-state index in [1.807, 2.05) is 55.5 Å². The van der Waals surface area contributed by atoms with E-state index in [0.717, 1.165) is 16.9 Å². The van der Waals surface area contributed by atoms with Crippen molar-refractivity contribution in [3.8, 4) is 5.69 Å². The molecular formula is C21H22ClN3O. The van der Waals surface area contributed by atoms with Crippen molar-refractivity contribution in [3.05, 3.63) is 76.4 Å². The highest BCUT2D eigenvalue weighted by Crippen LogP contribution is 2.29. The van der Waals surface area contributed by atoms with Crippen LogP contribution in [0.2, 0.25) is 5.02 Å². The van der Waals surface area contributed by atoms with E-state index in [-0.39, 0.29) is 11.3 Å². The molecule has 0 aliphatic carbocycles. The third-order valence-corrected chi connectivity index (χ3v) is 4.43. The second-order valence-corrected chi connectivity index (χ2v) is 7.76. The molecule has 3 aromatic rings. The molecule has 0 unspecified atom stereocenters. The average Bonchev–Trinajstić information content (AvgIpc) is 3.00. The largest absolute Gasteiger partial charge is 0.306 e. The number of nitrogens with zero attached hydrogens (tertiary/aromatic N) is 2. The molecule has 0 radical (unpaired) electrons. The zero-order valence-corrected chi connectivity index (χ0v) is 16.1. The molecule has 0 spiro atoms. The molecule has 0 fully saturated rings. The topological polar surface area (TPSA) is 46.9 Å². The number of halogens is 1. The van der Waals surface area contributed by atoms with Crippen LogP contribution >= 0.6 is 11.6 Å². The number of amides is 1. The van der Waals surface area contributed by atoms with E-state index in [0.29, 0.717) is 16.4 Å². The van der Waals surface area contributed by atoms with Crippen molar-refractivity contribution in [2.24, 2.45) is 0 Å². The van der Waals surface area contributed by atoms with Crippen LogP contribution in [0.5, 0.6) is 0 Å². The van der Waals surface area contributed by atoms with Gasteiger partial charge in [-0.05, 0) is 31.2 Å². The first-order valence-corrected chi connectivity index (χ1v) is 8.87. The molecule has 5 heteroatoms.